The second-order valence-electron chi connectivity index (χ2n) is 3.84. The number of aromatic carboxylic acids is 1. The number of carboxylic acid groups (broad SMARTS) is 1. The van der Waals surface area contributed by atoms with E-state index < -0.39 is 16.7 Å². The van der Waals surface area contributed by atoms with Crippen LogP contribution in [0.2, 0.25) is 5.02 Å². The fourth-order valence-corrected chi connectivity index (χ4v) is 1.86. The molecule has 2 N–H and O–H groups in total. The predicted molar refractivity (Wildman–Crippen MR) is 69.3 cm³/mol. The molecule has 0 radical (unpaired) electrons. The van der Waals surface area contributed by atoms with Crippen molar-refractivity contribution in [3.8, 4) is 0 Å². The van der Waals surface area contributed by atoms with Crippen LogP contribution in [0.5, 0.6) is 0 Å². The molecule has 0 unspecified atom stereocenters. The maximum absolute atomic E-state index is 12.1. The van der Waals surface area contributed by atoms with E-state index in [1.807, 2.05) is 0 Å². The number of benzene rings is 1. The number of carbonyl (C=O) groups is 2. The van der Waals surface area contributed by atoms with Crippen molar-refractivity contribution in [3.05, 3.63) is 62.4 Å². The zero-order chi connectivity index (χ0) is 14.9. The number of halogens is 1. The summed E-state index contributed by atoms with van der Waals surface area (Å²) in [5, 5.41) is 19.3. The van der Waals surface area contributed by atoms with Gasteiger partial charge in [0, 0.05) is 17.7 Å². The average Bonchev–Trinajstić information content (AvgIpc) is 2.87. The number of aromatic nitrogens is 1. The molecule has 0 aliphatic heterocycles. The van der Waals surface area contributed by atoms with Gasteiger partial charge >= 0.3 is 5.97 Å². The van der Waals surface area contributed by atoms with Crippen molar-refractivity contribution in [2.45, 2.75) is 0 Å². The Labute approximate surface area is 117 Å². The first-order chi connectivity index (χ1) is 9.40. The van der Waals surface area contributed by atoms with Crippen molar-refractivity contribution < 1.29 is 19.6 Å². The molecule has 102 valence electrons. The molecule has 1 aromatic carbocycles. The van der Waals surface area contributed by atoms with Gasteiger partial charge in [-0.1, -0.05) is 11.6 Å². The van der Waals surface area contributed by atoms with E-state index in [-0.39, 0.29) is 27.7 Å². The average molecular weight is 295 g/mol. The molecule has 0 saturated heterocycles. The standard InChI is InChI=1S/C12H7ClN2O5/c13-8-5-6(15(19)20)1-2-7(8)11(16)9-3-4-10(14-9)12(17)18/h1-5,14H,(H,17,18). The molecule has 0 bridgehead atoms. The van der Waals surface area contributed by atoms with E-state index in [2.05, 4.69) is 4.98 Å². The first kappa shape index (κ1) is 13.8. The maximum Gasteiger partial charge on any atom is 0.352 e. The minimum absolute atomic E-state index is 0.0400. The predicted octanol–water partition coefficient (Wildman–Crippen LogP) is 2.51. The van der Waals surface area contributed by atoms with Crippen molar-refractivity contribution in [2.24, 2.45) is 0 Å². The van der Waals surface area contributed by atoms with Crippen molar-refractivity contribution >= 4 is 29.0 Å². The zero-order valence-electron chi connectivity index (χ0n) is 9.79. The van der Waals surface area contributed by atoms with Gasteiger partial charge in [0.25, 0.3) is 5.69 Å². The van der Waals surface area contributed by atoms with Gasteiger partial charge in [0.15, 0.2) is 0 Å². The Morgan fingerprint density at radius 3 is 2.35 bits per heavy atom. The molecular weight excluding hydrogens is 288 g/mol. The number of nitrogens with zero attached hydrogens (tertiary/aromatic N) is 1. The fraction of sp³-hybridized carbons (Fsp3) is 0. The smallest absolute Gasteiger partial charge is 0.352 e. The molecule has 0 amide bonds. The summed E-state index contributed by atoms with van der Waals surface area (Å²) in [6.45, 7) is 0. The highest BCUT2D eigenvalue weighted by atomic mass is 35.5. The maximum atomic E-state index is 12.1. The normalized spacial score (nSPS) is 10.2. The number of nitro groups is 1. The number of aromatic amines is 1. The van der Waals surface area contributed by atoms with Crippen LogP contribution in [0.4, 0.5) is 5.69 Å². The molecule has 2 rings (SSSR count). The van der Waals surface area contributed by atoms with Gasteiger partial charge in [-0.3, -0.25) is 14.9 Å². The van der Waals surface area contributed by atoms with Crippen LogP contribution in [0.3, 0.4) is 0 Å². The van der Waals surface area contributed by atoms with E-state index in [4.69, 9.17) is 16.7 Å². The van der Waals surface area contributed by atoms with Crippen LogP contribution >= 0.6 is 11.6 Å². The van der Waals surface area contributed by atoms with Crippen molar-refractivity contribution in [3.63, 3.8) is 0 Å². The molecule has 0 saturated carbocycles. The summed E-state index contributed by atoms with van der Waals surface area (Å²) in [5.41, 5.74) is -0.273. The van der Waals surface area contributed by atoms with E-state index in [0.717, 1.165) is 12.1 Å². The van der Waals surface area contributed by atoms with Crippen molar-refractivity contribution in [1.82, 2.24) is 4.98 Å². The van der Waals surface area contributed by atoms with Crippen LogP contribution in [-0.4, -0.2) is 26.8 Å². The first-order valence-electron chi connectivity index (χ1n) is 5.31. The third-order valence-corrected chi connectivity index (χ3v) is 2.88. The highest BCUT2D eigenvalue weighted by Gasteiger charge is 2.18. The summed E-state index contributed by atoms with van der Waals surface area (Å²) in [4.78, 5) is 35.2. The quantitative estimate of drug-likeness (QED) is 0.511. The van der Waals surface area contributed by atoms with E-state index >= 15 is 0 Å². The van der Waals surface area contributed by atoms with Gasteiger partial charge in [-0.25, -0.2) is 4.79 Å². The Bertz CT molecular complexity index is 722. The van der Waals surface area contributed by atoms with Gasteiger partial charge in [0.05, 0.1) is 15.6 Å². The fourth-order valence-electron chi connectivity index (χ4n) is 1.60. The van der Waals surface area contributed by atoms with Gasteiger partial charge in [0.2, 0.25) is 5.78 Å². The van der Waals surface area contributed by atoms with Gasteiger partial charge in [-0.05, 0) is 18.2 Å². The Balaban J connectivity index is 2.37. The SMILES string of the molecule is O=C(O)c1ccc(C(=O)c2ccc([N+](=O)[O-])cc2Cl)[nH]1. The summed E-state index contributed by atoms with van der Waals surface area (Å²) >= 11 is 5.83. The summed E-state index contributed by atoms with van der Waals surface area (Å²) in [6, 6.07) is 6.00. The van der Waals surface area contributed by atoms with Crippen LogP contribution in [0, 0.1) is 10.1 Å². The lowest BCUT2D eigenvalue weighted by Gasteiger charge is -2.01. The number of nitro benzene ring substituents is 1. The van der Waals surface area contributed by atoms with Gasteiger partial charge < -0.3 is 10.1 Å². The first-order valence-corrected chi connectivity index (χ1v) is 5.69. The largest absolute Gasteiger partial charge is 0.477 e. The monoisotopic (exact) mass is 294 g/mol. The van der Waals surface area contributed by atoms with Gasteiger partial charge in [-0.15, -0.1) is 0 Å². The lowest BCUT2D eigenvalue weighted by Crippen LogP contribution is -2.05. The molecule has 20 heavy (non-hydrogen) atoms. The van der Waals surface area contributed by atoms with Crippen LogP contribution in [0.25, 0.3) is 0 Å². The summed E-state index contributed by atoms with van der Waals surface area (Å²) in [7, 11) is 0. The molecule has 8 heteroatoms. The Morgan fingerprint density at radius 2 is 1.85 bits per heavy atom. The van der Waals surface area contributed by atoms with Crippen LogP contribution in [-0.2, 0) is 0 Å². The summed E-state index contributed by atoms with van der Waals surface area (Å²) in [6.07, 6.45) is 0. The number of non-ortho nitro benzene ring substituents is 1. The van der Waals surface area contributed by atoms with E-state index in [1.54, 1.807) is 0 Å². The van der Waals surface area contributed by atoms with Crippen molar-refractivity contribution in [1.29, 1.82) is 0 Å². The molecule has 7 nitrogen and oxygen atoms in total. The highest BCUT2D eigenvalue weighted by Crippen LogP contribution is 2.24. The molecule has 0 aliphatic rings. The van der Waals surface area contributed by atoms with E-state index in [1.165, 1.54) is 18.2 Å². The number of rotatable bonds is 4. The summed E-state index contributed by atoms with van der Waals surface area (Å²) < 4.78 is 0. The number of ketones is 1. The van der Waals surface area contributed by atoms with Gasteiger partial charge in [0.1, 0.15) is 5.69 Å². The molecule has 1 heterocycles. The molecule has 2 aromatic rings. The number of H-pyrrole nitrogens is 1. The Morgan fingerprint density at radius 1 is 1.20 bits per heavy atom. The number of carbonyl (C=O) groups excluding carboxylic acids is 1. The minimum Gasteiger partial charge on any atom is -0.477 e. The minimum atomic E-state index is -1.20. The highest BCUT2D eigenvalue weighted by molar-refractivity contribution is 6.35. The van der Waals surface area contributed by atoms with Crippen LogP contribution < -0.4 is 0 Å². The van der Waals surface area contributed by atoms with Crippen LogP contribution in [0.1, 0.15) is 26.5 Å². The Kier molecular flexibility index (Phi) is 3.53. The number of carboxylic acids is 1. The third-order valence-electron chi connectivity index (χ3n) is 2.57. The van der Waals surface area contributed by atoms with E-state index in [0.29, 0.717) is 0 Å². The molecule has 0 spiro atoms. The molecule has 1 aromatic heterocycles. The molecule has 0 aliphatic carbocycles. The van der Waals surface area contributed by atoms with E-state index in [9.17, 15) is 19.7 Å². The number of nitrogens with one attached hydrogen (secondary N) is 1. The number of hydrogen-bond acceptors (Lipinski definition) is 4. The lowest BCUT2D eigenvalue weighted by atomic mass is 10.1. The number of hydrogen-bond donors (Lipinski definition) is 2. The zero-order valence-corrected chi connectivity index (χ0v) is 10.5. The van der Waals surface area contributed by atoms with Crippen LogP contribution in [0.15, 0.2) is 30.3 Å². The molecule has 0 atom stereocenters. The van der Waals surface area contributed by atoms with Crippen molar-refractivity contribution in [2.75, 3.05) is 0 Å². The second-order valence-corrected chi connectivity index (χ2v) is 4.25. The second kappa shape index (κ2) is 5.14. The topological polar surface area (TPSA) is 113 Å². The Hall–Kier alpha value is -2.67. The lowest BCUT2D eigenvalue weighted by molar-refractivity contribution is -0.384. The molecular formula is C12H7ClN2O5. The molecule has 0 fully saturated rings. The van der Waals surface area contributed by atoms with Gasteiger partial charge in [-0.2, -0.15) is 0 Å². The third kappa shape index (κ3) is 2.52. The summed E-state index contributed by atoms with van der Waals surface area (Å²) in [5.74, 6) is -1.74.